The monoisotopic (exact) mass is 324 g/mol. The molecule has 108 valence electrons. The minimum absolute atomic E-state index is 0.160. The Kier molecular flexibility index (Phi) is 4.61. The summed E-state index contributed by atoms with van der Waals surface area (Å²) in [6.07, 6.45) is 1.29. The third-order valence-corrected chi connectivity index (χ3v) is 4.00. The molecule has 1 heterocycles. The third kappa shape index (κ3) is 3.41. The van der Waals surface area contributed by atoms with E-state index in [1.54, 1.807) is 24.3 Å². The first-order valence-corrected chi connectivity index (χ1v) is 6.77. The van der Waals surface area contributed by atoms with Crippen molar-refractivity contribution < 1.29 is 10.1 Å². The Morgan fingerprint density at radius 3 is 2.81 bits per heavy atom. The molecular formula is C12H9ClN4O3S. The van der Waals surface area contributed by atoms with Gasteiger partial charge >= 0.3 is 5.69 Å². The number of halogens is 1. The van der Waals surface area contributed by atoms with Crippen LogP contribution in [0.5, 0.6) is 0 Å². The molecular weight excluding hydrogens is 316 g/mol. The predicted molar refractivity (Wildman–Crippen MR) is 79.0 cm³/mol. The first-order chi connectivity index (χ1) is 10.0. The first-order valence-electron chi connectivity index (χ1n) is 5.57. The highest BCUT2D eigenvalue weighted by molar-refractivity contribution is 7.99. The Labute approximate surface area is 128 Å². The smallest absolute Gasteiger partial charge is 0.302 e. The Morgan fingerprint density at radius 2 is 2.19 bits per heavy atom. The summed E-state index contributed by atoms with van der Waals surface area (Å²) >= 11 is 7.09. The average Bonchev–Trinajstić information content (AvgIpc) is 2.49. The predicted octanol–water partition coefficient (Wildman–Crippen LogP) is 2.89. The number of hydrogen-bond donors (Lipinski definition) is 2. The van der Waals surface area contributed by atoms with Crippen molar-refractivity contribution in [1.82, 2.24) is 4.98 Å². The van der Waals surface area contributed by atoms with Crippen LogP contribution in [0.1, 0.15) is 5.56 Å². The minimum atomic E-state index is -0.583. The van der Waals surface area contributed by atoms with Crippen LogP contribution in [-0.2, 0) is 0 Å². The highest BCUT2D eigenvalue weighted by Gasteiger charge is 2.19. The molecule has 0 radical (unpaired) electrons. The summed E-state index contributed by atoms with van der Waals surface area (Å²) in [5.74, 6) is -0.250. The number of pyridine rings is 1. The molecule has 9 heteroatoms. The lowest BCUT2D eigenvalue weighted by Gasteiger charge is -2.05. The fourth-order valence-electron chi connectivity index (χ4n) is 1.48. The normalized spacial score (nSPS) is 11.4. The van der Waals surface area contributed by atoms with Crippen LogP contribution in [0, 0.1) is 10.1 Å². The van der Waals surface area contributed by atoms with Crippen molar-refractivity contribution in [3.63, 3.8) is 0 Å². The number of rotatable bonds is 4. The van der Waals surface area contributed by atoms with Crippen molar-refractivity contribution in [2.75, 3.05) is 0 Å². The van der Waals surface area contributed by atoms with Crippen LogP contribution in [0.4, 0.5) is 5.69 Å². The van der Waals surface area contributed by atoms with Gasteiger partial charge in [-0.3, -0.25) is 10.1 Å². The lowest BCUT2D eigenvalue weighted by molar-refractivity contribution is -0.388. The molecule has 0 aliphatic heterocycles. The molecule has 0 bridgehead atoms. The van der Waals surface area contributed by atoms with E-state index < -0.39 is 4.92 Å². The van der Waals surface area contributed by atoms with Crippen LogP contribution in [0.2, 0.25) is 5.02 Å². The Hall–Kier alpha value is -2.32. The second kappa shape index (κ2) is 6.42. The van der Waals surface area contributed by atoms with Crippen molar-refractivity contribution in [2.45, 2.75) is 9.92 Å². The molecule has 0 aliphatic carbocycles. The summed E-state index contributed by atoms with van der Waals surface area (Å²) in [5.41, 5.74) is 5.31. The molecule has 3 N–H and O–H groups in total. The zero-order valence-electron chi connectivity index (χ0n) is 10.4. The standard InChI is InChI=1S/C12H9ClN4O3S/c13-8-3-1-2-4-10(8)21-12-9(17(19)20)5-7(6-15-12)11(14)16-18/h1-6,18H,(H2,14,16). The number of nitrogens with zero attached hydrogens (tertiary/aromatic N) is 3. The second-order valence-electron chi connectivity index (χ2n) is 3.82. The SMILES string of the molecule is N/C(=N/O)c1cnc(Sc2ccccc2Cl)c([N+](=O)[O-])c1. The average molecular weight is 325 g/mol. The number of amidine groups is 1. The quantitative estimate of drug-likeness (QED) is 0.294. The number of aromatic nitrogens is 1. The molecule has 0 fully saturated rings. The van der Waals surface area contributed by atoms with E-state index in [0.29, 0.717) is 9.92 Å². The van der Waals surface area contributed by atoms with Crippen molar-refractivity contribution in [1.29, 1.82) is 0 Å². The van der Waals surface area contributed by atoms with E-state index in [-0.39, 0.29) is 22.1 Å². The van der Waals surface area contributed by atoms with Gasteiger partial charge in [-0.2, -0.15) is 0 Å². The van der Waals surface area contributed by atoms with Gasteiger partial charge < -0.3 is 10.9 Å². The molecule has 0 unspecified atom stereocenters. The summed E-state index contributed by atoms with van der Waals surface area (Å²) < 4.78 is 0. The summed E-state index contributed by atoms with van der Waals surface area (Å²) in [6, 6.07) is 8.14. The largest absolute Gasteiger partial charge is 0.409 e. The van der Waals surface area contributed by atoms with Gasteiger partial charge in [0.15, 0.2) is 10.9 Å². The number of oxime groups is 1. The lowest BCUT2D eigenvalue weighted by Crippen LogP contribution is -2.14. The summed E-state index contributed by atoms with van der Waals surface area (Å²) in [4.78, 5) is 15.2. The lowest BCUT2D eigenvalue weighted by atomic mass is 10.2. The Bertz CT molecular complexity index is 723. The molecule has 0 saturated heterocycles. The van der Waals surface area contributed by atoms with E-state index in [0.717, 1.165) is 11.8 Å². The molecule has 1 aromatic heterocycles. The number of hydrogen-bond acceptors (Lipinski definition) is 6. The van der Waals surface area contributed by atoms with E-state index in [2.05, 4.69) is 10.1 Å². The summed E-state index contributed by atoms with van der Waals surface area (Å²) in [6.45, 7) is 0. The molecule has 0 aliphatic rings. The van der Waals surface area contributed by atoms with Gasteiger partial charge in [-0.1, -0.05) is 40.7 Å². The van der Waals surface area contributed by atoms with Gasteiger partial charge in [-0.15, -0.1) is 0 Å². The van der Waals surface area contributed by atoms with Crippen LogP contribution in [0.3, 0.4) is 0 Å². The molecule has 1 aromatic carbocycles. The van der Waals surface area contributed by atoms with Gasteiger partial charge in [0.1, 0.15) is 0 Å². The van der Waals surface area contributed by atoms with Crippen molar-refractivity contribution in [3.8, 4) is 0 Å². The van der Waals surface area contributed by atoms with E-state index in [4.69, 9.17) is 22.5 Å². The van der Waals surface area contributed by atoms with Gasteiger partial charge in [0, 0.05) is 22.7 Å². The zero-order chi connectivity index (χ0) is 15.4. The van der Waals surface area contributed by atoms with Crippen LogP contribution >= 0.6 is 23.4 Å². The van der Waals surface area contributed by atoms with Crippen LogP contribution in [0.15, 0.2) is 51.6 Å². The van der Waals surface area contributed by atoms with Gasteiger partial charge in [0.05, 0.1) is 9.95 Å². The third-order valence-electron chi connectivity index (χ3n) is 2.48. The van der Waals surface area contributed by atoms with Crippen LogP contribution < -0.4 is 5.73 Å². The maximum Gasteiger partial charge on any atom is 0.302 e. The molecule has 0 atom stereocenters. The van der Waals surface area contributed by atoms with Gasteiger partial charge in [-0.25, -0.2) is 4.98 Å². The fourth-order valence-corrected chi connectivity index (χ4v) is 2.59. The summed E-state index contributed by atoms with van der Waals surface area (Å²) in [7, 11) is 0. The first kappa shape index (κ1) is 15.1. The van der Waals surface area contributed by atoms with E-state index in [1.807, 2.05) is 0 Å². The number of nitrogens with two attached hydrogens (primary N) is 1. The van der Waals surface area contributed by atoms with Gasteiger partial charge in [0.2, 0.25) is 0 Å². The second-order valence-corrected chi connectivity index (χ2v) is 5.26. The van der Waals surface area contributed by atoms with E-state index >= 15 is 0 Å². The number of nitro groups is 1. The van der Waals surface area contributed by atoms with Crippen molar-refractivity contribution in [3.05, 3.63) is 57.2 Å². The highest BCUT2D eigenvalue weighted by Crippen LogP contribution is 2.36. The van der Waals surface area contributed by atoms with Crippen LogP contribution in [-0.4, -0.2) is 21.0 Å². The molecule has 21 heavy (non-hydrogen) atoms. The molecule has 2 rings (SSSR count). The van der Waals surface area contributed by atoms with Crippen molar-refractivity contribution >= 4 is 34.9 Å². The molecule has 0 spiro atoms. The summed E-state index contributed by atoms with van der Waals surface area (Å²) in [5, 5.41) is 23.2. The molecule has 2 aromatic rings. The van der Waals surface area contributed by atoms with Crippen LogP contribution in [0.25, 0.3) is 0 Å². The Morgan fingerprint density at radius 1 is 1.48 bits per heavy atom. The molecule has 7 nitrogen and oxygen atoms in total. The topological polar surface area (TPSA) is 115 Å². The maximum atomic E-state index is 11.1. The minimum Gasteiger partial charge on any atom is -0.409 e. The Balaban J connectivity index is 2.44. The van der Waals surface area contributed by atoms with E-state index in [9.17, 15) is 10.1 Å². The maximum absolute atomic E-state index is 11.1. The molecule has 0 saturated carbocycles. The number of benzene rings is 1. The molecule has 0 amide bonds. The van der Waals surface area contributed by atoms with Gasteiger partial charge in [0.25, 0.3) is 0 Å². The van der Waals surface area contributed by atoms with Crippen molar-refractivity contribution in [2.24, 2.45) is 10.9 Å². The van der Waals surface area contributed by atoms with E-state index in [1.165, 1.54) is 12.3 Å². The zero-order valence-corrected chi connectivity index (χ0v) is 12.0. The fraction of sp³-hybridized carbons (Fsp3) is 0. The van der Waals surface area contributed by atoms with Gasteiger partial charge in [-0.05, 0) is 12.1 Å². The highest BCUT2D eigenvalue weighted by atomic mass is 35.5.